The molecule has 3 atom stereocenters. The van der Waals surface area contributed by atoms with E-state index >= 15 is 0 Å². The number of hydrogen-bond acceptors (Lipinski definition) is 3. The average molecular weight is 263 g/mol. The summed E-state index contributed by atoms with van der Waals surface area (Å²) in [6.45, 7) is 6.52. The van der Waals surface area contributed by atoms with Crippen LogP contribution in [0.25, 0.3) is 0 Å². The molecule has 3 unspecified atom stereocenters. The summed E-state index contributed by atoms with van der Waals surface area (Å²) >= 11 is 0. The van der Waals surface area contributed by atoms with Crippen LogP contribution in [0.5, 0.6) is 0 Å². The Hall–Kier alpha value is -0.610. The number of nitrogens with zero attached hydrogens (tertiary/aromatic N) is 2. The molecule has 4 fully saturated rings. The van der Waals surface area contributed by atoms with Crippen LogP contribution in [-0.4, -0.2) is 61.0 Å². The summed E-state index contributed by atoms with van der Waals surface area (Å²) in [5.74, 6) is 2.58. The molecule has 4 aliphatic rings. The number of carbonyl (C=O) groups is 1. The first-order valence-corrected chi connectivity index (χ1v) is 8.06. The van der Waals surface area contributed by atoms with Crippen LogP contribution in [0.1, 0.15) is 25.7 Å². The van der Waals surface area contributed by atoms with Gasteiger partial charge in [0.05, 0.1) is 0 Å². The van der Waals surface area contributed by atoms with Gasteiger partial charge in [-0.05, 0) is 37.5 Å². The lowest BCUT2D eigenvalue weighted by Gasteiger charge is -2.32. The highest BCUT2D eigenvalue weighted by Crippen LogP contribution is 2.55. The molecule has 2 aliphatic heterocycles. The van der Waals surface area contributed by atoms with E-state index in [0.29, 0.717) is 17.9 Å². The molecule has 0 aromatic rings. The number of carbonyl (C=O) groups excluding carboxylic acids is 1. The highest BCUT2D eigenvalue weighted by atomic mass is 16.2. The van der Waals surface area contributed by atoms with Crippen molar-refractivity contribution in [1.29, 1.82) is 0 Å². The smallest absolute Gasteiger partial charge is 0.226 e. The summed E-state index contributed by atoms with van der Waals surface area (Å²) in [7, 11) is 0. The number of hydrogen-bond donors (Lipinski definition) is 1. The van der Waals surface area contributed by atoms with E-state index in [1.54, 1.807) is 0 Å². The minimum absolute atomic E-state index is 0.411. The molecule has 2 heterocycles. The molecule has 4 nitrogen and oxygen atoms in total. The van der Waals surface area contributed by atoms with Crippen molar-refractivity contribution in [3.05, 3.63) is 0 Å². The van der Waals surface area contributed by atoms with Crippen LogP contribution in [0.4, 0.5) is 0 Å². The van der Waals surface area contributed by atoms with E-state index < -0.39 is 0 Å². The third kappa shape index (κ3) is 2.40. The fourth-order valence-electron chi connectivity index (χ4n) is 4.07. The molecule has 4 heteroatoms. The second-order valence-corrected chi connectivity index (χ2v) is 6.86. The molecular weight excluding hydrogens is 238 g/mol. The third-order valence-corrected chi connectivity index (χ3v) is 5.53. The molecule has 0 bridgehead atoms. The van der Waals surface area contributed by atoms with E-state index in [0.717, 1.165) is 51.1 Å². The Bertz CT molecular complexity index is 362. The number of amides is 1. The van der Waals surface area contributed by atoms with Gasteiger partial charge in [-0.2, -0.15) is 0 Å². The van der Waals surface area contributed by atoms with Gasteiger partial charge in [0.1, 0.15) is 0 Å². The minimum Gasteiger partial charge on any atom is -0.341 e. The maximum atomic E-state index is 12.5. The molecule has 19 heavy (non-hydrogen) atoms. The number of rotatable bonds is 3. The topological polar surface area (TPSA) is 35.6 Å². The lowest BCUT2D eigenvalue weighted by atomic mass is 10.2. The van der Waals surface area contributed by atoms with Crippen molar-refractivity contribution >= 4 is 5.91 Å². The quantitative estimate of drug-likeness (QED) is 0.807. The van der Waals surface area contributed by atoms with E-state index in [2.05, 4.69) is 15.1 Å². The van der Waals surface area contributed by atoms with E-state index in [-0.39, 0.29) is 0 Å². The average Bonchev–Trinajstić information content (AvgIpc) is 3.34. The maximum absolute atomic E-state index is 12.5. The van der Waals surface area contributed by atoms with E-state index in [4.69, 9.17) is 0 Å². The molecule has 2 aliphatic carbocycles. The molecule has 4 rings (SSSR count). The fraction of sp³-hybridized carbons (Fsp3) is 0.933. The van der Waals surface area contributed by atoms with Crippen LogP contribution < -0.4 is 5.32 Å². The van der Waals surface area contributed by atoms with Gasteiger partial charge >= 0.3 is 0 Å². The fourth-order valence-corrected chi connectivity index (χ4v) is 4.07. The monoisotopic (exact) mass is 263 g/mol. The standard InChI is InChI=1S/C15H25N3O/c19-15(14-9-13(14)11-1-2-11)18-6-3-12(10-18)17-7-4-16-5-8-17/h11-14,16H,1-10H2. The third-order valence-electron chi connectivity index (χ3n) is 5.53. The second kappa shape index (κ2) is 4.74. The zero-order valence-corrected chi connectivity index (χ0v) is 11.7. The number of piperazine rings is 1. The van der Waals surface area contributed by atoms with E-state index in [1.807, 2.05) is 0 Å². The summed E-state index contributed by atoms with van der Waals surface area (Å²) < 4.78 is 0. The molecule has 0 radical (unpaired) electrons. The lowest BCUT2D eigenvalue weighted by Crippen LogP contribution is -2.49. The molecule has 1 amide bonds. The molecule has 1 N–H and O–H groups in total. The number of likely N-dealkylation sites (tertiary alicyclic amines) is 1. The second-order valence-electron chi connectivity index (χ2n) is 6.86. The summed E-state index contributed by atoms with van der Waals surface area (Å²) in [6.07, 6.45) is 5.15. The largest absolute Gasteiger partial charge is 0.341 e. The summed E-state index contributed by atoms with van der Waals surface area (Å²) in [5, 5.41) is 3.40. The summed E-state index contributed by atoms with van der Waals surface area (Å²) in [5.41, 5.74) is 0. The van der Waals surface area contributed by atoms with Crippen molar-refractivity contribution in [2.24, 2.45) is 17.8 Å². The Labute approximate surface area is 115 Å². The van der Waals surface area contributed by atoms with Gasteiger partial charge in [0.2, 0.25) is 5.91 Å². The van der Waals surface area contributed by atoms with E-state index in [9.17, 15) is 4.79 Å². The Kier molecular flexibility index (Phi) is 3.03. The van der Waals surface area contributed by atoms with Crippen molar-refractivity contribution in [3.8, 4) is 0 Å². The van der Waals surface area contributed by atoms with Crippen LogP contribution >= 0.6 is 0 Å². The van der Waals surface area contributed by atoms with Crippen LogP contribution in [0.15, 0.2) is 0 Å². The van der Waals surface area contributed by atoms with Crippen molar-refractivity contribution < 1.29 is 4.79 Å². The van der Waals surface area contributed by atoms with Crippen LogP contribution in [-0.2, 0) is 4.79 Å². The zero-order chi connectivity index (χ0) is 12.8. The van der Waals surface area contributed by atoms with Crippen LogP contribution in [0.2, 0.25) is 0 Å². The SMILES string of the molecule is O=C(C1CC1C1CC1)N1CCC(N2CCNCC2)C1. The predicted molar refractivity (Wildman–Crippen MR) is 73.7 cm³/mol. The lowest BCUT2D eigenvalue weighted by molar-refractivity contribution is -0.132. The predicted octanol–water partition coefficient (Wildman–Crippen LogP) is 0.539. The number of nitrogens with one attached hydrogen (secondary N) is 1. The van der Waals surface area contributed by atoms with Crippen molar-refractivity contribution in [1.82, 2.24) is 15.1 Å². The molecule has 0 aromatic heterocycles. The Morgan fingerprint density at radius 2 is 1.84 bits per heavy atom. The minimum atomic E-state index is 0.411. The van der Waals surface area contributed by atoms with Gasteiger partial charge in [0.15, 0.2) is 0 Å². The van der Waals surface area contributed by atoms with Gasteiger partial charge in [-0.15, -0.1) is 0 Å². The molecule has 0 aromatic carbocycles. The first kappa shape index (κ1) is 12.2. The van der Waals surface area contributed by atoms with Gasteiger partial charge in [-0.3, -0.25) is 9.69 Å². The first-order valence-electron chi connectivity index (χ1n) is 8.06. The first-order chi connectivity index (χ1) is 9.33. The highest BCUT2D eigenvalue weighted by Gasteiger charge is 2.52. The molecule has 0 spiro atoms. The van der Waals surface area contributed by atoms with Crippen molar-refractivity contribution in [3.63, 3.8) is 0 Å². The summed E-state index contributed by atoms with van der Waals surface area (Å²) in [4.78, 5) is 17.2. The maximum Gasteiger partial charge on any atom is 0.226 e. The molecule has 106 valence electrons. The highest BCUT2D eigenvalue weighted by molar-refractivity contribution is 5.82. The van der Waals surface area contributed by atoms with E-state index in [1.165, 1.54) is 25.7 Å². The zero-order valence-electron chi connectivity index (χ0n) is 11.7. The molecule has 2 saturated heterocycles. The van der Waals surface area contributed by atoms with Gasteiger partial charge in [0, 0.05) is 51.2 Å². The van der Waals surface area contributed by atoms with Gasteiger partial charge in [-0.25, -0.2) is 0 Å². The molecule has 2 saturated carbocycles. The van der Waals surface area contributed by atoms with Crippen LogP contribution in [0.3, 0.4) is 0 Å². The Morgan fingerprint density at radius 1 is 1.05 bits per heavy atom. The van der Waals surface area contributed by atoms with Gasteiger partial charge in [0.25, 0.3) is 0 Å². The Morgan fingerprint density at radius 3 is 2.58 bits per heavy atom. The summed E-state index contributed by atoms with van der Waals surface area (Å²) in [6, 6.07) is 0.629. The van der Waals surface area contributed by atoms with Crippen molar-refractivity contribution in [2.45, 2.75) is 31.7 Å². The normalized spacial score (nSPS) is 39.6. The molecular formula is C15H25N3O. The van der Waals surface area contributed by atoms with Crippen molar-refractivity contribution in [2.75, 3.05) is 39.3 Å². The Balaban J connectivity index is 1.30. The van der Waals surface area contributed by atoms with Gasteiger partial charge in [-0.1, -0.05) is 0 Å². The van der Waals surface area contributed by atoms with Crippen LogP contribution in [0, 0.1) is 17.8 Å². The van der Waals surface area contributed by atoms with Gasteiger partial charge < -0.3 is 10.2 Å².